The Labute approximate surface area is 171 Å². The molecule has 9 heteroatoms. The molecular formula is C20H22AsNO7. The van der Waals surface area contributed by atoms with Gasteiger partial charge in [0.05, 0.1) is 0 Å². The number of rotatable bonds is 9. The molecule has 29 heavy (non-hydrogen) atoms. The third kappa shape index (κ3) is 6.85. The molecule has 2 rings (SSSR count). The number of nitrogens with one attached hydrogen (secondary N) is 1. The van der Waals surface area contributed by atoms with Gasteiger partial charge in [-0.1, -0.05) is 0 Å². The molecular weight excluding hydrogens is 441 g/mol. The number of carbonyl (C=O) groups excluding carboxylic acids is 2. The van der Waals surface area contributed by atoms with Crippen LogP contribution >= 0.6 is 0 Å². The minimum absolute atomic E-state index is 0.0783. The molecule has 0 fully saturated rings. The summed E-state index contributed by atoms with van der Waals surface area (Å²) in [6.07, 6.45) is 1.83. The first kappa shape index (κ1) is 22.3. The number of benzene rings is 2. The van der Waals surface area contributed by atoms with Crippen LogP contribution in [0, 0.1) is 0 Å². The van der Waals surface area contributed by atoms with Crippen LogP contribution in [-0.2, 0) is 23.5 Å². The molecule has 0 aliphatic rings. The fourth-order valence-electron chi connectivity index (χ4n) is 2.45. The molecule has 2 aromatic rings. The van der Waals surface area contributed by atoms with Gasteiger partial charge in [-0.2, -0.15) is 0 Å². The van der Waals surface area contributed by atoms with E-state index in [0.29, 0.717) is 18.8 Å². The van der Waals surface area contributed by atoms with Crippen molar-refractivity contribution < 1.29 is 31.0 Å². The Morgan fingerprint density at radius 2 is 1.90 bits per heavy atom. The van der Waals surface area contributed by atoms with Gasteiger partial charge in [0.1, 0.15) is 0 Å². The molecule has 0 aliphatic heterocycles. The fourth-order valence-corrected chi connectivity index (χ4v) is 4.87. The molecule has 0 aliphatic carbocycles. The number of aromatic hydroxyl groups is 1. The molecule has 0 aromatic heterocycles. The summed E-state index contributed by atoms with van der Waals surface area (Å²) in [5.74, 6) is -0.889. The molecule has 1 amide bonds. The van der Waals surface area contributed by atoms with Gasteiger partial charge in [-0.05, 0) is 0 Å². The Morgan fingerprint density at radius 1 is 1.21 bits per heavy atom. The summed E-state index contributed by atoms with van der Waals surface area (Å²) in [6, 6.07) is 10.5. The van der Waals surface area contributed by atoms with Crippen molar-refractivity contribution in [3.05, 3.63) is 60.7 Å². The standard InChI is InChI=1S/C20H22AsNO7/c1-3-12-28-17-8-4-15(5-9-17)6-11-20(25)29-21(26,27)18-10-7-16(24)13-19(18)22-14(2)23/h3-5,7-10,13,24H,1,6,11-12H2,2H3,(H,22,23)(H,26,27). The number of hydrogen-bond donors (Lipinski definition) is 3. The number of carbonyl (C=O) groups is 2. The van der Waals surface area contributed by atoms with Crippen molar-refractivity contribution in [2.75, 3.05) is 11.9 Å². The molecule has 154 valence electrons. The molecule has 1 unspecified atom stereocenters. The van der Waals surface area contributed by atoms with E-state index < -0.39 is 26.0 Å². The quantitative estimate of drug-likeness (QED) is 0.382. The summed E-state index contributed by atoms with van der Waals surface area (Å²) < 4.78 is 32.9. The van der Waals surface area contributed by atoms with Crippen LogP contribution in [0.2, 0.25) is 0 Å². The molecule has 2 aromatic carbocycles. The summed E-state index contributed by atoms with van der Waals surface area (Å²) in [6.45, 7) is 5.16. The average Bonchev–Trinajstić information content (AvgIpc) is 2.64. The van der Waals surface area contributed by atoms with Gasteiger partial charge in [0.2, 0.25) is 0 Å². The maximum absolute atomic E-state index is 12.6. The first-order valence-electron chi connectivity index (χ1n) is 8.70. The molecule has 0 saturated carbocycles. The summed E-state index contributed by atoms with van der Waals surface area (Å²) in [5, 5.41) is 11.9. The molecule has 0 bridgehead atoms. The number of hydrogen-bond acceptors (Lipinski definition) is 6. The molecule has 0 saturated heterocycles. The molecule has 8 nitrogen and oxygen atoms in total. The van der Waals surface area contributed by atoms with Crippen molar-refractivity contribution in [1.82, 2.24) is 0 Å². The second kappa shape index (κ2) is 10.00. The van der Waals surface area contributed by atoms with E-state index in [-0.39, 0.29) is 22.2 Å². The van der Waals surface area contributed by atoms with Gasteiger partial charge < -0.3 is 0 Å². The number of phenolic OH excluding ortho intramolecular Hbond substituents is 1. The van der Waals surface area contributed by atoms with E-state index in [4.69, 9.17) is 8.46 Å². The Kier molecular flexibility index (Phi) is 7.70. The Hall–Kier alpha value is -2.96. The van der Waals surface area contributed by atoms with Crippen LogP contribution < -0.4 is 14.4 Å². The molecule has 0 radical (unpaired) electrons. The van der Waals surface area contributed by atoms with Crippen molar-refractivity contribution in [2.24, 2.45) is 0 Å². The van der Waals surface area contributed by atoms with Gasteiger partial charge in [0.15, 0.2) is 0 Å². The van der Waals surface area contributed by atoms with Gasteiger partial charge in [-0.15, -0.1) is 0 Å². The predicted molar refractivity (Wildman–Crippen MR) is 107 cm³/mol. The van der Waals surface area contributed by atoms with Gasteiger partial charge >= 0.3 is 171 Å². The van der Waals surface area contributed by atoms with E-state index >= 15 is 0 Å². The van der Waals surface area contributed by atoms with Crippen LogP contribution in [0.25, 0.3) is 0 Å². The second-order valence-electron chi connectivity index (χ2n) is 6.11. The van der Waals surface area contributed by atoms with Crippen LogP contribution in [0.3, 0.4) is 0 Å². The van der Waals surface area contributed by atoms with Crippen LogP contribution in [-0.4, -0.2) is 41.9 Å². The third-order valence-electron chi connectivity index (χ3n) is 3.73. The van der Waals surface area contributed by atoms with Crippen LogP contribution in [0.5, 0.6) is 11.5 Å². The number of phenols is 1. The molecule has 0 heterocycles. The Morgan fingerprint density at radius 3 is 2.52 bits per heavy atom. The summed E-state index contributed by atoms with van der Waals surface area (Å²) >= 11 is -5.29. The van der Waals surface area contributed by atoms with Crippen LogP contribution in [0.4, 0.5) is 5.69 Å². The van der Waals surface area contributed by atoms with Crippen molar-refractivity contribution in [1.29, 1.82) is 0 Å². The Balaban J connectivity index is 2.01. The molecule has 1 atom stereocenters. The number of anilines is 1. The van der Waals surface area contributed by atoms with Crippen LogP contribution in [0.1, 0.15) is 18.9 Å². The van der Waals surface area contributed by atoms with E-state index in [1.54, 1.807) is 30.3 Å². The van der Waals surface area contributed by atoms with Crippen molar-refractivity contribution in [3.8, 4) is 11.5 Å². The zero-order valence-corrected chi connectivity index (χ0v) is 17.7. The van der Waals surface area contributed by atoms with Crippen molar-refractivity contribution >= 4 is 36.1 Å². The fraction of sp³-hybridized carbons (Fsp3) is 0.200. The molecule has 0 spiro atoms. The number of ether oxygens (including phenoxy) is 1. The number of aryl methyl sites for hydroxylation is 1. The van der Waals surface area contributed by atoms with E-state index in [9.17, 15) is 22.5 Å². The minimum atomic E-state index is -5.29. The van der Waals surface area contributed by atoms with Gasteiger partial charge in [-0.25, -0.2) is 0 Å². The van der Waals surface area contributed by atoms with Crippen molar-refractivity contribution in [3.63, 3.8) is 0 Å². The zero-order chi connectivity index (χ0) is 21.4. The first-order valence-corrected chi connectivity index (χ1v) is 12.0. The van der Waals surface area contributed by atoms with Gasteiger partial charge in [0.25, 0.3) is 0 Å². The topological polar surface area (TPSA) is 122 Å². The monoisotopic (exact) mass is 463 g/mol. The molecule has 3 N–H and O–H groups in total. The summed E-state index contributed by atoms with van der Waals surface area (Å²) in [4.78, 5) is 23.4. The first-order chi connectivity index (χ1) is 13.7. The SMILES string of the molecule is C=CCOc1ccc(CCC(=O)O[As](=O)(O)c2ccc(O)cc2NC(C)=O)cc1. The van der Waals surface area contributed by atoms with Gasteiger partial charge in [0, 0.05) is 0 Å². The van der Waals surface area contributed by atoms with Crippen molar-refractivity contribution in [2.45, 2.75) is 19.8 Å². The third-order valence-corrected chi connectivity index (χ3v) is 6.77. The van der Waals surface area contributed by atoms with Gasteiger partial charge in [-0.3, -0.25) is 0 Å². The number of amides is 1. The van der Waals surface area contributed by atoms with Crippen LogP contribution in [0.15, 0.2) is 55.1 Å². The second-order valence-corrected chi connectivity index (χ2v) is 9.69. The van der Waals surface area contributed by atoms with E-state index in [1.807, 2.05) is 0 Å². The maximum atomic E-state index is 12.6. The van der Waals surface area contributed by atoms with E-state index in [1.165, 1.54) is 13.0 Å². The van der Waals surface area contributed by atoms with E-state index in [2.05, 4.69) is 11.9 Å². The Bertz CT molecular complexity index is 940. The normalized spacial score (nSPS) is 12.5. The summed E-state index contributed by atoms with van der Waals surface area (Å²) in [5.41, 5.74) is 0.752. The predicted octanol–water partition coefficient (Wildman–Crippen LogP) is 1.66. The summed E-state index contributed by atoms with van der Waals surface area (Å²) in [7, 11) is 0. The zero-order valence-electron chi connectivity index (χ0n) is 15.8. The van der Waals surface area contributed by atoms with E-state index in [0.717, 1.165) is 17.7 Å². The average molecular weight is 463 g/mol.